The highest BCUT2D eigenvalue weighted by atomic mass is 35.5. The highest BCUT2D eigenvalue weighted by molar-refractivity contribution is 6.24. The summed E-state index contributed by atoms with van der Waals surface area (Å²) in [5.41, 5.74) is 0. The van der Waals surface area contributed by atoms with Crippen LogP contribution in [0.25, 0.3) is 0 Å². The molecule has 0 aromatic rings. The van der Waals surface area contributed by atoms with Gasteiger partial charge in [-0.1, -0.05) is 38.5 Å². The molecule has 1 heteroatoms. The van der Waals surface area contributed by atoms with Crippen LogP contribution in [-0.4, -0.2) is 4.87 Å². The molecule has 0 aliphatic heterocycles. The van der Waals surface area contributed by atoms with Crippen LogP contribution in [0.4, 0.5) is 0 Å². The molecule has 2 aliphatic carbocycles. The third-order valence-electron chi connectivity index (χ3n) is 4.02. The van der Waals surface area contributed by atoms with Crippen molar-refractivity contribution in [3.05, 3.63) is 0 Å². The van der Waals surface area contributed by atoms with Crippen LogP contribution >= 0.6 is 11.6 Å². The van der Waals surface area contributed by atoms with Crippen LogP contribution < -0.4 is 0 Å². The lowest BCUT2D eigenvalue weighted by Crippen LogP contribution is -2.35. The number of hydrogen-bond acceptors (Lipinski definition) is 0. The first-order valence-electron chi connectivity index (χ1n) is 6.00. The van der Waals surface area contributed by atoms with E-state index in [0.717, 1.165) is 5.92 Å². The van der Waals surface area contributed by atoms with Gasteiger partial charge in [-0.2, -0.15) is 0 Å². The highest BCUT2D eigenvalue weighted by Crippen LogP contribution is 2.45. The zero-order valence-corrected chi connectivity index (χ0v) is 9.28. The largest absolute Gasteiger partial charge is 0.119 e. The molecular formula is C12H21Cl. The molecule has 0 N–H and O–H groups in total. The maximum Gasteiger partial charge on any atom is 0.0475 e. The van der Waals surface area contributed by atoms with Gasteiger partial charge in [-0.25, -0.2) is 0 Å². The SMILES string of the molecule is ClC1(C2CCCCC2)CCCCC1. The minimum absolute atomic E-state index is 0.221. The topological polar surface area (TPSA) is 0 Å². The van der Waals surface area contributed by atoms with Crippen LogP contribution in [-0.2, 0) is 0 Å². The number of alkyl halides is 1. The van der Waals surface area contributed by atoms with Gasteiger partial charge in [0.05, 0.1) is 0 Å². The summed E-state index contributed by atoms with van der Waals surface area (Å²) in [6, 6.07) is 0. The minimum atomic E-state index is 0.221. The molecule has 0 spiro atoms. The average Bonchev–Trinajstić information content (AvgIpc) is 2.20. The van der Waals surface area contributed by atoms with Crippen molar-refractivity contribution in [2.24, 2.45) is 5.92 Å². The maximum absolute atomic E-state index is 6.75. The minimum Gasteiger partial charge on any atom is -0.119 e. The van der Waals surface area contributed by atoms with Crippen molar-refractivity contribution in [2.75, 3.05) is 0 Å². The van der Waals surface area contributed by atoms with Gasteiger partial charge in [0.2, 0.25) is 0 Å². The van der Waals surface area contributed by atoms with Gasteiger partial charge in [0.15, 0.2) is 0 Å². The molecule has 0 nitrogen and oxygen atoms in total. The van der Waals surface area contributed by atoms with Gasteiger partial charge in [-0.3, -0.25) is 0 Å². The Bertz CT molecular complexity index is 153. The van der Waals surface area contributed by atoms with Crippen LogP contribution in [0.1, 0.15) is 64.2 Å². The number of hydrogen-bond donors (Lipinski definition) is 0. The monoisotopic (exact) mass is 200 g/mol. The second-order valence-corrected chi connectivity index (χ2v) is 5.68. The lowest BCUT2D eigenvalue weighted by molar-refractivity contribution is 0.221. The van der Waals surface area contributed by atoms with E-state index in [-0.39, 0.29) is 4.87 Å². The van der Waals surface area contributed by atoms with Crippen molar-refractivity contribution < 1.29 is 0 Å². The predicted octanol–water partition coefficient (Wildman–Crippen LogP) is 4.51. The molecule has 76 valence electrons. The van der Waals surface area contributed by atoms with Crippen LogP contribution in [0, 0.1) is 5.92 Å². The molecule has 0 heterocycles. The van der Waals surface area contributed by atoms with Crippen molar-refractivity contribution in [1.29, 1.82) is 0 Å². The van der Waals surface area contributed by atoms with Crippen molar-refractivity contribution in [1.82, 2.24) is 0 Å². The molecule has 2 aliphatic rings. The lowest BCUT2D eigenvalue weighted by atomic mass is 9.73. The van der Waals surface area contributed by atoms with Gasteiger partial charge >= 0.3 is 0 Å². The Balaban J connectivity index is 1.94. The molecule has 0 radical (unpaired) electrons. The number of rotatable bonds is 1. The van der Waals surface area contributed by atoms with E-state index in [2.05, 4.69) is 0 Å². The first-order chi connectivity index (χ1) is 6.31. The molecule has 0 atom stereocenters. The van der Waals surface area contributed by atoms with Crippen molar-refractivity contribution in [3.63, 3.8) is 0 Å². The first kappa shape index (κ1) is 9.83. The summed E-state index contributed by atoms with van der Waals surface area (Å²) in [6.45, 7) is 0. The van der Waals surface area contributed by atoms with Crippen LogP contribution in [0.5, 0.6) is 0 Å². The van der Waals surface area contributed by atoms with Gasteiger partial charge in [0, 0.05) is 4.87 Å². The summed E-state index contributed by atoms with van der Waals surface area (Å²) in [7, 11) is 0. The molecular weight excluding hydrogens is 180 g/mol. The Morgan fingerprint density at radius 1 is 0.769 bits per heavy atom. The van der Waals surface area contributed by atoms with Crippen molar-refractivity contribution >= 4 is 11.6 Å². The summed E-state index contributed by atoms with van der Waals surface area (Å²) in [6.07, 6.45) is 13.9. The van der Waals surface area contributed by atoms with Gasteiger partial charge in [-0.05, 0) is 31.6 Å². The molecule has 0 unspecified atom stereocenters. The molecule has 0 aromatic heterocycles. The smallest absolute Gasteiger partial charge is 0.0475 e. The highest BCUT2D eigenvalue weighted by Gasteiger charge is 2.37. The Kier molecular flexibility index (Phi) is 3.18. The second kappa shape index (κ2) is 4.21. The van der Waals surface area contributed by atoms with E-state index < -0.39 is 0 Å². The van der Waals surface area contributed by atoms with Crippen LogP contribution in [0.2, 0.25) is 0 Å². The molecule has 2 rings (SSSR count). The fraction of sp³-hybridized carbons (Fsp3) is 1.00. The van der Waals surface area contributed by atoms with E-state index in [1.807, 2.05) is 0 Å². The van der Waals surface area contributed by atoms with Crippen molar-refractivity contribution in [2.45, 2.75) is 69.1 Å². The third-order valence-corrected chi connectivity index (χ3v) is 4.71. The summed E-state index contributed by atoms with van der Waals surface area (Å²) < 4.78 is 0. The Morgan fingerprint density at radius 3 is 1.92 bits per heavy atom. The Labute approximate surface area is 87.0 Å². The zero-order chi connectivity index (χ0) is 9.15. The van der Waals surface area contributed by atoms with Gasteiger partial charge in [0.25, 0.3) is 0 Å². The summed E-state index contributed by atoms with van der Waals surface area (Å²) >= 11 is 6.75. The van der Waals surface area contributed by atoms with E-state index in [9.17, 15) is 0 Å². The Morgan fingerprint density at radius 2 is 1.31 bits per heavy atom. The quantitative estimate of drug-likeness (QED) is 0.547. The first-order valence-corrected chi connectivity index (χ1v) is 6.38. The second-order valence-electron chi connectivity index (χ2n) is 4.93. The van der Waals surface area contributed by atoms with E-state index in [1.54, 1.807) is 0 Å². The van der Waals surface area contributed by atoms with Gasteiger partial charge in [-0.15, -0.1) is 11.6 Å². The fourth-order valence-corrected chi connectivity index (χ4v) is 3.65. The normalized spacial score (nSPS) is 30.2. The molecule has 13 heavy (non-hydrogen) atoms. The zero-order valence-electron chi connectivity index (χ0n) is 8.53. The molecule has 2 fully saturated rings. The molecule has 2 saturated carbocycles. The van der Waals surface area contributed by atoms with E-state index in [1.165, 1.54) is 64.2 Å². The molecule has 0 bridgehead atoms. The Hall–Kier alpha value is 0.290. The van der Waals surface area contributed by atoms with E-state index in [4.69, 9.17) is 11.6 Å². The number of halogens is 1. The molecule has 0 aromatic carbocycles. The fourth-order valence-electron chi connectivity index (χ4n) is 3.17. The van der Waals surface area contributed by atoms with Crippen molar-refractivity contribution in [3.8, 4) is 0 Å². The van der Waals surface area contributed by atoms with Gasteiger partial charge < -0.3 is 0 Å². The van der Waals surface area contributed by atoms with Crippen LogP contribution in [0.15, 0.2) is 0 Å². The van der Waals surface area contributed by atoms with Crippen LogP contribution in [0.3, 0.4) is 0 Å². The lowest BCUT2D eigenvalue weighted by Gasteiger charge is -2.40. The summed E-state index contributed by atoms with van der Waals surface area (Å²) in [4.78, 5) is 0.221. The van der Waals surface area contributed by atoms with E-state index in [0.29, 0.717) is 0 Å². The summed E-state index contributed by atoms with van der Waals surface area (Å²) in [5.74, 6) is 0.850. The maximum atomic E-state index is 6.75. The van der Waals surface area contributed by atoms with Gasteiger partial charge in [0.1, 0.15) is 0 Å². The standard InChI is InChI=1S/C12H21Cl/c13-12(9-5-2-6-10-12)11-7-3-1-4-8-11/h11H,1-10H2. The summed E-state index contributed by atoms with van der Waals surface area (Å²) in [5, 5.41) is 0. The van der Waals surface area contributed by atoms with E-state index >= 15 is 0 Å². The predicted molar refractivity (Wildman–Crippen MR) is 58.2 cm³/mol. The molecule has 0 amide bonds. The molecule has 0 saturated heterocycles. The third kappa shape index (κ3) is 2.21. The average molecular weight is 201 g/mol.